The molecule has 0 radical (unpaired) electrons. The molecule has 1 amide bonds. The number of hydrogen-bond acceptors (Lipinski definition) is 3. The number of aryl methyl sites for hydroxylation is 1. The van der Waals surface area contributed by atoms with Gasteiger partial charge in [-0.15, -0.1) is 0 Å². The van der Waals surface area contributed by atoms with E-state index >= 15 is 0 Å². The highest BCUT2D eigenvalue weighted by atomic mass is 79.9. The van der Waals surface area contributed by atoms with Crippen molar-refractivity contribution in [2.24, 2.45) is 0 Å². The maximum absolute atomic E-state index is 13.4. The van der Waals surface area contributed by atoms with Gasteiger partial charge in [-0.1, -0.05) is 17.4 Å². The summed E-state index contributed by atoms with van der Waals surface area (Å²) in [6.07, 6.45) is 0. The first-order valence-electron chi connectivity index (χ1n) is 4.87. The fraction of sp³-hybridized carbons (Fsp3) is 0.0909. The van der Waals surface area contributed by atoms with Crippen LogP contribution in [0.15, 0.2) is 22.0 Å². The molecular formula is C11H7BrF2N2OS. The van der Waals surface area contributed by atoms with Crippen molar-refractivity contribution in [1.82, 2.24) is 4.98 Å². The average molecular weight is 333 g/mol. The lowest BCUT2D eigenvalue weighted by molar-refractivity contribution is 0.101. The van der Waals surface area contributed by atoms with E-state index < -0.39 is 23.1 Å². The number of benzene rings is 1. The van der Waals surface area contributed by atoms with Crippen LogP contribution in [-0.4, -0.2) is 10.9 Å². The van der Waals surface area contributed by atoms with E-state index in [2.05, 4.69) is 26.2 Å². The number of aromatic nitrogens is 1. The monoisotopic (exact) mass is 332 g/mol. The van der Waals surface area contributed by atoms with Gasteiger partial charge in [-0.3, -0.25) is 10.1 Å². The summed E-state index contributed by atoms with van der Waals surface area (Å²) in [6, 6.07) is 3.26. The van der Waals surface area contributed by atoms with Crippen molar-refractivity contribution >= 4 is 38.3 Å². The number of rotatable bonds is 2. The molecule has 2 rings (SSSR count). The van der Waals surface area contributed by atoms with Crippen molar-refractivity contribution in [2.75, 3.05) is 5.32 Å². The van der Waals surface area contributed by atoms with Gasteiger partial charge in [0.2, 0.25) is 0 Å². The van der Waals surface area contributed by atoms with Gasteiger partial charge in [0.05, 0.1) is 9.48 Å². The van der Waals surface area contributed by atoms with Crippen LogP contribution < -0.4 is 5.32 Å². The SMILES string of the molecule is Cc1nc(NC(=O)c2c(F)cccc2F)sc1Br. The zero-order valence-corrected chi connectivity index (χ0v) is 11.5. The van der Waals surface area contributed by atoms with Crippen LogP contribution in [0.1, 0.15) is 16.1 Å². The van der Waals surface area contributed by atoms with Crippen molar-refractivity contribution in [3.8, 4) is 0 Å². The topological polar surface area (TPSA) is 42.0 Å². The second kappa shape index (κ2) is 5.11. The highest BCUT2D eigenvalue weighted by Crippen LogP contribution is 2.28. The fourth-order valence-electron chi connectivity index (χ4n) is 1.31. The average Bonchev–Trinajstić information content (AvgIpc) is 2.57. The van der Waals surface area contributed by atoms with E-state index in [1.165, 1.54) is 17.4 Å². The number of carbonyl (C=O) groups is 1. The summed E-state index contributed by atoms with van der Waals surface area (Å²) in [7, 11) is 0. The molecule has 1 aromatic heterocycles. The number of thiazole rings is 1. The molecule has 3 nitrogen and oxygen atoms in total. The van der Waals surface area contributed by atoms with Crippen LogP contribution in [-0.2, 0) is 0 Å². The Balaban J connectivity index is 2.27. The van der Waals surface area contributed by atoms with E-state index in [1.807, 2.05) is 0 Å². The van der Waals surface area contributed by atoms with Crippen LogP contribution in [0.5, 0.6) is 0 Å². The molecule has 1 heterocycles. The summed E-state index contributed by atoms with van der Waals surface area (Å²) >= 11 is 4.43. The fourth-order valence-corrected chi connectivity index (χ4v) is 2.54. The smallest absolute Gasteiger partial charge is 0.263 e. The summed E-state index contributed by atoms with van der Waals surface area (Å²) in [5.74, 6) is -2.66. The Morgan fingerprint density at radius 3 is 2.50 bits per heavy atom. The molecule has 18 heavy (non-hydrogen) atoms. The third-order valence-electron chi connectivity index (χ3n) is 2.15. The summed E-state index contributed by atoms with van der Waals surface area (Å²) in [5, 5.41) is 2.64. The van der Waals surface area contributed by atoms with Gasteiger partial charge in [0.15, 0.2) is 5.13 Å². The van der Waals surface area contributed by atoms with Crippen molar-refractivity contribution in [2.45, 2.75) is 6.92 Å². The predicted octanol–water partition coefficient (Wildman–Crippen LogP) is 3.74. The first-order chi connectivity index (χ1) is 8.49. The maximum atomic E-state index is 13.4. The Kier molecular flexibility index (Phi) is 3.72. The largest absolute Gasteiger partial charge is 0.298 e. The second-order valence-corrected chi connectivity index (χ2v) is 5.75. The lowest BCUT2D eigenvalue weighted by atomic mass is 10.2. The number of halogens is 3. The highest BCUT2D eigenvalue weighted by molar-refractivity contribution is 9.11. The van der Waals surface area contributed by atoms with Crippen molar-refractivity contribution < 1.29 is 13.6 Å². The molecule has 0 atom stereocenters. The van der Waals surface area contributed by atoms with Crippen LogP contribution in [0.3, 0.4) is 0 Å². The molecule has 0 bridgehead atoms. The molecule has 0 spiro atoms. The van der Waals surface area contributed by atoms with Gasteiger partial charge in [0.1, 0.15) is 17.2 Å². The molecule has 0 saturated carbocycles. The number of hydrogen-bond donors (Lipinski definition) is 1. The molecule has 0 aliphatic rings. The van der Waals surface area contributed by atoms with Crippen LogP contribution >= 0.6 is 27.3 Å². The van der Waals surface area contributed by atoms with Gasteiger partial charge >= 0.3 is 0 Å². The van der Waals surface area contributed by atoms with Gasteiger partial charge in [-0.2, -0.15) is 0 Å². The number of carbonyl (C=O) groups excluding carboxylic acids is 1. The normalized spacial score (nSPS) is 10.4. The lowest BCUT2D eigenvalue weighted by Crippen LogP contribution is -2.15. The summed E-state index contributed by atoms with van der Waals surface area (Å²) in [5.41, 5.74) is 0.0887. The van der Waals surface area contributed by atoms with Crippen molar-refractivity contribution in [1.29, 1.82) is 0 Å². The number of anilines is 1. The van der Waals surface area contributed by atoms with E-state index in [4.69, 9.17) is 0 Å². The molecule has 94 valence electrons. The van der Waals surface area contributed by atoms with Crippen LogP contribution in [0.4, 0.5) is 13.9 Å². The minimum Gasteiger partial charge on any atom is -0.298 e. The quantitative estimate of drug-likeness (QED) is 0.910. The van der Waals surface area contributed by atoms with E-state index in [9.17, 15) is 13.6 Å². The van der Waals surface area contributed by atoms with Gasteiger partial charge in [0.25, 0.3) is 5.91 Å². The molecule has 0 fully saturated rings. The van der Waals surface area contributed by atoms with Crippen molar-refractivity contribution in [3.63, 3.8) is 0 Å². The first kappa shape index (κ1) is 13.1. The molecule has 0 saturated heterocycles. The predicted molar refractivity (Wildman–Crippen MR) is 68.9 cm³/mol. The first-order valence-corrected chi connectivity index (χ1v) is 6.48. The van der Waals surface area contributed by atoms with Gasteiger partial charge in [0, 0.05) is 0 Å². The third-order valence-corrected chi connectivity index (χ3v) is 4.07. The molecular weight excluding hydrogens is 326 g/mol. The Labute approximate surface area is 114 Å². The third kappa shape index (κ3) is 2.56. The van der Waals surface area contributed by atoms with Gasteiger partial charge in [-0.25, -0.2) is 13.8 Å². The molecule has 2 aromatic rings. The number of amides is 1. The minimum atomic E-state index is -0.903. The molecule has 0 aliphatic carbocycles. The number of nitrogens with zero attached hydrogens (tertiary/aromatic N) is 1. The van der Waals surface area contributed by atoms with Crippen LogP contribution in [0.25, 0.3) is 0 Å². The summed E-state index contributed by atoms with van der Waals surface area (Å²) in [4.78, 5) is 15.8. The van der Waals surface area contributed by atoms with Crippen LogP contribution in [0, 0.1) is 18.6 Å². The van der Waals surface area contributed by atoms with E-state index in [-0.39, 0.29) is 5.13 Å². The van der Waals surface area contributed by atoms with Crippen LogP contribution in [0.2, 0.25) is 0 Å². The number of nitrogens with one attached hydrogen (secondary N) is 1. The molecule has 1 aromatic carbocycles. The lowest BCUT2D eigenvalue weighted by Gasteiger charge is -2.03. The maximum Gasteiger partial charge on any atom is 0.263 e. The summed E-state index contributed by atoms with van der Waals surface area (Å²) < 4.78 is 27.5. The standard InChI is InChI=1S/C11H7BrF2N2OS/c1-5-9(12)18-11(15-5)16-10(17)8-6(13)3-2-4-7(8)14/h2-4H,1H3,(H,15,16,17). The molecule has 7 heteroatoms. The van der Waals surface area contributed by atoms with E-state index in [0.717, 1.165) is 15.9 Å². The van der Waals surface area contributed by atoms with E-state index in [0.29, 0.717) is 5.69 Å². The minimum absolute atomic E-state index is 0.284. The zero-order chi connectivity index (χ0) is 13.3. The molecule has 0 unspecified atom stereocenters. The van der Waals surface area contributed by atoms with E-state index in [1.54, 1.807) is 6.92 Å². The zero-order valence-electron chi connectivity index (χ0n) is 9.13. The molecule has 1 N–H and O–H groups in total. The van der Waals surface area contributed by atoms with Crippen molar-refractivity contribution in [3.05, 3.63) is 44.9 Å². The highest BCUT2D eigenvalue weighted by Gasteiger charge is 2.18. The molecule has 0 aliphatic heterocycles. The van der Waals surface area contributed by atoms with Gasteiger partial charge < -0.3 is 0 Å². The Morgan fingerprint density at radius 2 is 2.00 bits per heavy atom. The Hall–Kier alpha value is -1.34. The second-order valence-electron chi connectivity index (χ2n) is 3.43. The van der Waals surface area contributed by atoms with Gasteiger partial charge in [-0.05, 0) is 35.0 Å². The Morgan fingerprint density at radius 1 is 1.39 bits per heavy atom. The summed E-state index contributed by atoms with van der Waals surface area (Å²) in [6.45, 7) is 1.75. The Bertz CT molecular complexity index is 575.